The van der Waals surface area contributed by atoms with Gasteiger partial charge < -0.3 is 24.5 Å². The Kier molecular flexibility index (Phi) is 111. The molecular weight excluding hydrogens is 376 g/mol. The van der Waals surface area contributed by atoms with Crippen LogP contribution in [0, 0.1) is 0 Å². The fourth-order valence-corrected chi connectivity index (χ4v) is 0.524. The van der Waals surface area contributed by atoms with Gasteiger partial charge in [-0.05, 0) is 19.3 Å². The van der Waals surface area contributed by atoms with Crippen molar-refractivity contribution in [3.05, 3.63) is 12.3 Å². The molecule has 0 aliphatic rings. The number of hydrogen-bond donors (Lipinski definition) is 2. The predicted molar refractivity (Wildman–Crippen MR) is 124 cm³/mol. The average Bonchev–Trinajstić information content (AvgIpc) is 2.62. The zero-order valence-electron chi connectivity index (χ0n) is 17.2. The van der Waals surface area contributed by atoms with E-state index in [2.05, 4.69) is 11.7 Å². The number of rotatable bonds is 8. The number of ether oxygens (including phenoxy) is 1. The minimum absolute atomic E-state index is 0. The minimum Gasteiger partial charge on any atom is -0.505 e. The number of unbranched alkanes of at least 4 members (excludes halogenated alkanes) is 1. The quantitative estimate of drug-likeness (QED) is 0.340. The molecule has 29 heavy (non-hydrogen) atoms. The van der Waals surface area contributed by atoms with Gasteiger partial charge in [-0.2, -0.15) is 0 Å². The first-order valence-electron chi connectivity index (χ1n) is 8.77. The number of aliphatic carboxylic acids is 2. The Balaban J connectivity index is -0.0000000311. The summed E-state index contributed by atoms with van der Waals surface area (Å²) < 4.78 is 4.60. The van der Waals surface area contributed by atoms with Crippen molar-refractivity contribution in [2.24, 2.45) is 0 Å². The van der Waals surface area contributed by atoms with Crippen LogP contribution in [0.4, 0.5) is 0 Å². The third-order valence-corrected chi connectivity index (χ3v) is 1.81. The predicted octanol–water partition coefficient (Wildman–Crippen LogP) is 6.40. The Morgan fingerprint density at radius 1 is 0.793 bits per heavy atom. The number of methoxy groups -OCH3 is 1. The first kappa shape index (κ1) is 50.5. The van der Waals surface area contributed by atoms with E-state index < -0.39 is 11.9 Å². The highest BCUT2D eigenvalue weighted by Crippen LogP contribution is 1.82. The molecule has 0 amide bonds. The summed E-state index contributed by atoms with van der Waals surface area (Å²) in [7, 11) is 1.64. The van der Waals surface area contributed by atoms with E-state index in [1.165, 1.54) is 0 Å². The zero-order chi connectivity index (χ0) is 21.6. The van der Waals surface area contributed by atoms with Crippen molar-refractivity contribution in [2.75, 3.05) is 7.11 Å². The smallest absolute Gasteiger partial charge is 0.303 e. The summed E-state index contributed by atoms with van der Waals surface area (Å²) >= 11 is 0. The number of allylic oxidation sites excluding steroid dienone is 1. The van der Waals surface area contributed by atoms with E-state index in [0.717, 1.165) is 31.8 Å². The third-order valence-electron chi connectivity index (χ3n) is 1.81. The maximum atomic E-state index is 9.60. The fraction of sp³-hybridized carbons (Fsp3) is 0.727. The van der Waals surface area contributed by atoms with Gasteiger partial charge in [-0.25, -0.2) is 0 Å². The van der Waals surface area contributed by atoms with Crippen LogP contribution in [0.2, 0.25) is 0 Å². The molecule has 0 spiro atoms. The Morgan fingerprint density at radius 2 is 1.21 bits per heavy atom. The molecule has 0 radical (unpaired) electrons. The maximum absolute atomic E-state index is 9.60. The van der Waals surface area contributed by atoms with Crippen molar-refractivity contribution in [1.29, 1.82) is 0 Å². The van der Waals surface area contributed by atoms with Gasteiger partial charge in [0, 0.05) is 25.7 Å². The molecular formula is C22H50O7. The Bertz CT molecular complexity index is 308. The fourth-order valence-electron chi connectivity index (χ4n) is 0.524. The lowest BCUT2D eigenvalue weighted by molar-refractivity contribution is -0.137. The van der Waals surface area contributed by atoms with Crippen LogP contribution in [0.5, 0.6) is 0 Å². The van der Waals surface area contributed by atoms with Crippen molar-refractivity contribution >= 4 is 24.5 Å². The van der Waals surface area contributed by atoms with Crippen LogP contribution in [-0.4, -0.2) is 41.8 Å². The van der Waals surface area contributed by atoms with Gasteiger partial charge in [0.15, 0.2) is 0 Å². The van der Waals surface area contributed by atoms with Crippen LogP contribution in [0.25, 0.3) is 0 Å². The lowest BCUT2D eigenvalue weighted by Gasteiger charge is -1.80. The highest BCUT2D eigenvalue weighted by molar-refractivity contribution is 5.66. The highest BCUT2D eigenvalue weighted by Gasteiger charge is 1.87. The number of carboxylic acids is 2. The van der Waals surface area contributed by atoms with Gasteiger partial charge in [-0.3, -0.25) is 9.59 Å². The normalized spacial score (nSPS) is 7.10. The van der Waals surface area contributed by atoms with Gasteiger partial charge in [-0.15, -0.1) is 0 Å². The molecule has 7 nitrogen and oxygen atoms in total. The molecule has 180 valence electrons. The van der Waals surface area contributed by atoms with Gasteiger partial charge in [0.1, 0.15) is 12.6 Å². The van der Waals surface area contributed by atoms with Crippen LogP contribution in [0.3, 0.4) is 0 Å². The largest absolute Gasteiger partial charge is 0.505 e. The molecule has 0 aromatic heterocycles. The molecule has 0 rings (SSSR count). The molecule has 0 bridgehead atoms. The molecule has 0 aliphatic carbocycles. The second-order valence-electron chi connectivity index (χ2n) is 4.44. The Labute approximate surface area is 180 Å². The third kappa shape index (κ3) is 188. The average molecular weight is 427 g/mol. The number of aldehydes is 2. The second-order valence-corrected chi connectivity index (χ2v) is 4.44. The lowest BCUT2D eigenvalue weighted by atomic mass is 10.4. The van der Waals surface area contributed by atoms with E-state index >= 15 is 0 Å². The van der Waals surface area contributed by atoms with E-state index in [1.54, 1.807) is 20.3 Å². The molecule has 0 atom stereocenters. The van der Waals surface area contributed by atoms with Crippen LogP contribution >= 0.6 is 0 Å². The van der Waals surface area contributed by atoms with Crippen LogP contribution < -0.4 is 0 Å². The molecule has 2 N–H and O–H groups in total. The molecule has 0 aromatic rings. The Hall–Kier alpha value is -2.18. The number of carboxylic acid groups (broad SMARTS) is 2. The lowest BCUT2D eigenvalue weighted by Crippen LogP contribution is -1.90. The van der Waals surface area contributed by atoms with E-state index in [-0.39, 0.29) is 28.7 Å². The van der Waals surface area contributed by atoms with E-state index in [9.17, 15) is 19.2 Å². The molecule has 0 saturated carbocycles. The molecule has 0 unspecified atom stereocenters. The van der Waals surface area contributed by atoms with Crippen molar-refractivity contribution in [2.45, 2.75) is 102 Å². The summed E-state index contributed by atoms with van der Waals surface area (Å²) in [4.78, 5) is 37.5. The number of carbonyl (C=O) groups is 4. The monoisotopic (exact) mass is 426 g/mol. The summed E-state index contributed by atoms with van der Waals surface area (Å²) in [6.07, 6.45) is 10.1. The SMILES string of the molecule is C.C.C.CCC(=O)O.CCC=COC.CCC=O.CCCC(=O)O.CCCC=O. The molecule has 7 heteroatoms. The summed E-state index contributed by atoms with van der Waals surface area (Å²) in [6, 6.07) is 0. The van der Waals surface area contributed by atoms with Gasteiger partial charge in [-0.1, -0.05) is 63.0 Å². The van der Waals surface area contributed by atoms with E-state index in [1.807, 2.05) is 26.8 Å². The summed E-state index contributed by atoms with van der Waals surface area (Å²) in [6.45, 7) is 9.30. The molecule has 0 aliphatic heterocycles. The van der Waals surface area contributed by atoms with Crippen LogP contribution in [0.15, 0.2) is 12.3 Å². The summed E-state index contributed by atoms with van der Waals surface area (Å²) in [5, 5.41) is 15.6. The topological polar surface area (TPSA) is 118 Å². The molecule has 0 heterocycles. The van der Waals surface area contributed by atoms with Crippen molar-refractivity contribution in [3.63, 3.8) is 0 Å². The summed E-state index contributed by atoms with van der Waals surface area (Å²) in [5.74, 6) is -1.46. The number of hydrogen-bond acceptors (Lipinski definition) is 5. The molecule has 0 aromatic carbocycles. The first-order valence-corrected chi connectivity index (χ1v) is 8.77. The zero-order valence-corrected chi connectivity index (χ0v) is 17.2. The minimum atomic E-state index is -0.745. The van der Waals surface area contributed by atoms with Crippen molar-refractivity contribution in [1.82, 2.24) is 0 Å². The molecule has 0 fully saturated rings. The van der Waals surface area contributed by atoms with E-state index in [4.69, 9.17) is 10.2 Å². The van der Waals surface area contributed by atoms with Crippen LogP contribution in [0.1, 0.15) is 102 Å². The second kappa shape index (κ2) is 63.6. The van der Waals surface area contributed by atoms with Crippen LogP contribution in [-0.2, 0) is 23.9 Å². The molecule has 0 saturated heterocycles. The maximum Gasteiger partial charge on any atom is 0.303 e. The van der Waals surface area contributed by atoms with Crippen molar-refractivity contribution in [3.8, 4) is 0 Å². The van der Waals surface area contributed by atoms with Crippen molar-refractivity contribution < 1.29 is 34.1 Å². The first-order chi connectivity index (χ1) is 12.3. The summed E-state index contributed by atoms with van der Waals surface area (Å²) in [5.41, 5.74) is 0. The number of carbonyl (C=O) groups excluding carboxylic acids is 2. The van der Waals surface area contributed by atoms with Gasteiger partial charge in [0.05, 0.1) is 13.4 Å². The van der Waals surface area contributed by atoms with Gasteiger partial charge >= 0.3 is 11.9 Å². The Morgan fingerprint density at radius 3 is 1.24 bits per heavy atom. The van der Waals surface area contributed by atoms with E-state index in [0.29, 0.717) is 19.3 Å². The van der Waals surface area contributed by atoms with Gasteiger partial charge in [0.2, 0.25) is 0 Å². The highest BCUT2D eigenvalue weighted by atomic mass is 16.5. The van der Waals surface area contributed by atoms with Gasteiger partial charge in [0.25, 0.3) is 0 Å². The standard InChI is InChI=1S/C5H10O.C4H8O2.C4H8O.C3H6O2.C3H6O.3CH4/c1-3-4-5-6-2;1-2-3-4(5)6;1-2-3-4-5;1-2-3(4)5;1-2-3-4;;;/h4-5H,3H2,1-2H3;2-3H2,1H3,(H,5,6);4H,2-3H2,1H3;2H2,1H3,(H,4,5);3H,2H2,1H3;3*1H4.